The Morgan fingerprint density at radius 3 is 1.87 bits per heavy atom. The van der Waals surface area contributed by atoms with Crippen LogP contribution in [0.1, 0.15) is 17.0 Å². The predicted molar refractivity (Wildman–Crippen MR) is 214 cm³/mol. The molecule has 0 saturated heterocycles. The fourth-order valence-corrected chi connectivity index (χ4v) is 8.61. The third kappa shape index (κ3) is 7.23. The van der Waals surface area contributed by atoms with Crippen LogP contribution in [-0.2, 0) is 26.8 Å². The van der Waals surface area contributed by atoms with Gasteiger partial charge in [-0.05, 0) is 70.4 Å². The minimum absolute atomic E-state index is 0.185. The Bertz CT molecular complexity index is 3000. The molecule has 0 fully saturated rings. The van der Waals surface area contributed by atoms with Crippen molar-refractivity contribution in [2.24, 2.45) is 0 Å². The summed E-state index contributed by atoms with van der Waals surface area (Å²) in [5.74, 6) is 1.38. The van der Waals surface area contributed by atoms with E-state index in [0.717, 1.165) is 0 Å². The summed E-state index contributed by atoms with van der Waals surface area (Å²) in [6, 6.07) is 30.7. The minimum Gasteiger partial charge on any atom is -0.438 e. The van der Waals surface area contributed by atoms with Gasteiger partial charge in [-0.3, -0.25) is 9.11 Å². The molecular formula is C41H29Cl2N2O8S2+. The molecule has 0 aliphatic carbocycles. The number of nitrogens with zero attached hydrogens (tertiary/aromatic N) is 2. The van der Waals surface area contributed by atoms with Gasteiger partial charge in [-0.25, -0.2) is 0 Å². The first-order chi connectivity index (χ1) is 26.3. The second-order valence-corrected chi connectivity index (χ2v) is 16.3. The summed E-state index contributed by atoms with van der Waals surface area (Å²) in [7, 11) is -8.97. The van der Waals surface area contributed by atoms with E-state index in [-0.39, 0.29) is 22.9 Å². The highest BCUT2D eigenvalue weighted by molar-refractivity contribution is 7.86. The van der Waals surface area contributed by atoms with Crippen LogP contribution in [0.25, 0.3) is 50.9 Å². The second kappa shape index (κ2) is 14.3. The number of fused-ring (bicyclic) bond motifs is 4. The molecule has 14 heteroatoms. The standard InChI is InChI=1S/C41H28Cl2N2O8S2/c42-30-17-19-34-32(23-30)44(21-5-13-28-9-1-7-26-11-3-15-36(40(26)28)54(46,47)48)38(52-34)25-39-45(33-24-31(43)18-20-35(33)53-39)22-6-14-29-10-2-8-27-12-4-16-37(41(27)29)55(49,50)51/h1-20,23-25H,21-22H2,(H-,46,47,48,49,50,51)/p+1/b13-5+,14-6+. The summed E-state index contributed by atoms with van der Waals surface area (Å²) in [5, 5.41) is 3.09. The van der Waals surface area contributed by atoms with E-state index < -0.39 is 20.2 Å². The van der Waals surface area contributed by atoms with E-state index in [9.17, 15) is 25.9 Å². The summed E-state index contributed by atoms with van der Waals surface area (Å²) >= 11 is 12.9. The molecule has 7 aromatic rings. The van der Waals surface area contributed by atoms with Crippen molar-refractivity contribution in [2.45, 2.75) is 16.3 Å². The summed E-state index contributed by atoms with van der Waals surface area (Å²) < 4.78 is 83.5. The molecule has 1 aliphatic heterocycles. The molecule has 0 atom stereocenters. The molecule has 2 heterocycles. The van der Waals surface area contributed by atoms with Gasteiger partial charge in [-0.15, -0.1) is 0 Å². The molecule has 0 saturated carbocycles. The third-order valence-electron chi connectivity index (χ3n) is 9.16. The number of allylic oxidation sites excluding steroid dienone is 1. The number of hydrogen-bond donors (Lipinski definition) is 2. The van der Waals surface area contributed by atoms with Crippen molar-refractivity contribution in [2.75, 3.05) is 11.4 Å². The maximum atomic E-state index is 12.3. The Morgan fingerprint density at radius 1 is 0.691 bits per heavy atom. The Balaban J connectivity index is 1.18. The quantitative estimate of drug-likeness (QED) is 0.108. The van der Waals surface area contributed by atoms with Gasteiger partial charge in [0.1, 0.15) is 15.9 Å². The fraction of sp³-hybridized carbons (Fsp3) is 0.0488. The van der Waals surface area contributed by atoms with Gasteiger partial charge in [0, 0.05) is 33.4 Å². The topological polar surface area (TPSA) is 138 Å². The lowest BCUT2D eigenvalue weighted by molar-refractivity contribution is -0.667. The monoisotopic (exact) mass is 811 g/mol. The van der Waals surface area contributed by atoms with E-state index >= 15 is 0 Å². The molecule has 0 radical (unpaired) electrons. The van der Waals surface area contributed by atoms with Gasteiger partial charge in [0.15, 0.2) is 12.3 Å². The molecular weight excluding hydrogens is 783 g/mol. The van der Waals surface area contributed by atoms with Crippen LogP contribution < -0.4 is 14.2 Å². The van der Waals surface area contributed by atoms with Crippen molar-refractivity contribution in [3.8, 4) is 5.75 Å². The Kier molecular flexibility index (Phi) is 9.50. The summed E-state index contributed by atoms with van der Waals surface area (Å²) in [6.07, 6.45) is 9.01. The number of anilines is 1. The summed E-state index contributed by atoms with van der Waals surface area (Å²) in [5.41, 5.74) is 3.12. The third-order valence-corrected chi connectivity index (χ3v) is 11.4. The molecule has 0 bridgehead atoms. The van der Waals surface area contributed by atoms with Crippen LogP contribution in [0, 0.1) is 0 Å². The Labute approximate surface area is 325 Å². The predicted octanol–water partition coefficient (Wildman–Crippen LogP) is 9.45. The van der Waals surface area contributed by atoms with Gasteiger partial charge >= 0.3 is 5.89 Å². The maximum absolute atomic E-state index is 12.3. The number of ether oxygens (including phenoxy) is 1. The molecule has 1 aromatic heterocycles. The van der Waals surface area contributed by atoms with Crippen LogP contribution in [-0.4, -0.2) is 32.5 Å². The molecule has 6 aromatic carbocycles. The molecule has 55 heavy (non-hydrogen) atoms. The van der Waals surface area contributed by atoms with Crippen molar-refractivity contribution >= 4 is 100.0 Å². The summed E-state index contributed by atoms with van der Waals surface area (Å²) in [6.45, 7) is 0.541. The molecule has 0 spiro atoms. The minimum atomic E-state index is -4.49. The van der Waals surface area contributed by atoms with Crippen LogP contribution >= 0.6 is 23.2 Å². The SMILES string of the molecule is O=S(=O)(O)c1cccc2cccc(/C=C/CN3C(=Cc4oc5ccc(Cl)cc5[n+]4C/C=C/c4cccc5cccc(S(=O)(=O)O)c45)Oc4ccc(Cl)cc43)c12. The lowest BCUT2D eigenvalue weighted by Crippen LogP contribution is -2.35. The lowest BCUT2D eigenvalue weighted by atomic mass is 10.0. The number of oxazole rings is 1. The smallest absolute Gasteiger partial charge is 0.379 e. The Morgan fingerprint density at radius 2 is 1.25 bits per heavy atom. The highest BCUT2D eigenvalue weighted by atomic mass is 35.5. The molecule has 8 rings (SSSR count). The van der Waals surface area contributed by atoms with Gasteiger partial charge in [0.2, 0.25) is 11.5 Å². The van der Waals surface area contributed by atoms with Crippen molar-refractivity contribution < 1.29 is 39.7 Å². The van der Waals surface area contributed by atoms with Crippen molar-refractivity contribution in [3.05, 3.63) is 154 Å². The molecule has 1 aliphatic rings. The lowest BCUT2D eigenvalue weighted by Gasteiger charge is -2.16. The van der Waals surface area contributed by atoms with E-state index in [1.165, 1.54) is 12.1 Å². The van der Waals surface area contributed by atoms with Crippen LogP contribution in [0.2, 0.25) is 10.0 Å². The number of benzene rings is 6. The van der Waals surface area contributed by atoms with Gasteiger partial charge in [-0.2, -0.15) is 21.4 Å². The first kappa shape index (κ1) is 36.5. The van der Waals surface area contributed by atoms with Gasteiger partial charge in [0.05, 0.1) is 5.69 Å². The van der Waals surface area contributed by atoms with Crippen molar-refractivity contribution in [1.82, 2.24) is 0 Å². The van der Waals surface area contributed by atoms with E-state index in [1.807, 2.05) is 33.8 Å². The van der Waals surface area contributed by atoms with Crippen LogP contribution in [0.4, 0.5) is 5.69 Å². The van der Waals surface area contributed by atoms with Gasteiger partial charge < -0.3 is 14.1 Å². The zero-order chi connectivity index (χ0) is 38.5. The zero-order valence-electron chi connectivity index (χ0n) is 28.5. The van der Waals surface area contributed by atoms with Gasteiger partial charge in [-0.1, -0.05) is 102 Å². The molecule has 10 nitrogen and oxygen atoms in total. The van der Waals surface area contributed by atoms with Crippen molar-refractivity contribution in [3.63, 3.8) is 0 Å². The van der Waals surface area contributed by atoms with E-state index in [2.05, 4.69) is 0 Å². The number of hydrogen-bond acceptors (Lipinski definition) is 7. The molecule has 2 N–H and O–H groups in total. The van der Waals surface area contributed by atoms with Gasteiger partial charge in [0.25, 0.3) is 25.8 Å². The first-order valence-corrected chi connectivity index (χ1v) is 20.4. The van der Waals surface area contributed by atoms with Crippen LogP contribution in [0.15, 0.2) is 141 Å². The largest absolute Gasteiger partial charge is 0.438 e. The maximum Gasteiger partial charge on any atom is 0.379 e. The fourth-order valence-electron chi connectivity index (χ4n) is 6.79. The van der Waals surface area contributed by atoms with Crippen molar-refractivity contribution in [1.29, 1.82) is 0 Å². The number of halogens is 2. The van der Waals surface area contributed by atoms with Crippen LogP contribution in [0.5, 0.6) is 5.75 Å². The summed E-state index contributed by atoms with van der Waals surface area (Å²) in [4.78, 5) is 1.52. The average Bonchev–Trinajstić information content (AvgIpc) is 3.66. The first-order valence-electron chi connectivity index (χ1n) is 16.8. The van der Waals surface area contributed by atoms with Crippen LogP contribution in [0.3, 0.4) is 0 Å². The highest BCUT2D eigenvalue weighted by Gasteiger charge is 2.30. The molecule has 0 amide bonds. The normalized spacial score (nSPS) is 14.3. The molecule has 276 valence electrons. The number of aromatic nitrogens is 1. The Hall–Kier alpha value is -5.47. The average molecular weight is 813 g/mol. The van der Waals surface area contributed by atoms with E-state index in [1.54, 1.807) is 103 Å². The highest BCUT2D eigenvalue weighted by Crippen LogP contribution is 2.41. The molecule has 0 unspecified atom stereocenters. The van der Waals surface area contributed by atoms with E-state index in [0.29, 0.717) is 77.0 Å². The number of rotatable bonds is 9. The second-order valence-electron chi connectivity index (χ2n) is 12.6. The zero-order valence-corrected chi connectivity index (χ0v) is 31.6. The van der Waals surface area contributed by atoms with E-state index in [4.69, 9.17) is 32.4 Å².